The first kappa shape index (κ1) is 24.4. The summed E-state index contributed by atoms with van der Waals surface area (Å²) in [4.78, 5) is 20.2. The average molecular weight is 517 g/mol. The molecule has 1 aromatic heterocycles. The highest BCUT2D eigenvalue weighted by atomic mass is 32.2. The Balaban J connectivity index is 1.92. The first-order valence-electron chi connectivity index (χ1n) is 9.78. The molecule has 0 saturated heterocycles. The number of carbonyl (C=O) groups is 1. The largest absolute Gasteiger partial charge is 0.392 e. The van der Waals surface area contributed by atoms with Crippen molar-refractivity contribution >= 4 is 48.5 Å². The minimum Gasteiger partial charge on any atom is -0.392 e. The molecule has 2 heterocycles. The molecule has 0 aliphatic carbocycles. The topological polar surface area (TPSA) is 200 Å². The number of imidazole rings is 1. The SMILES string of the molecule is CC1=C(C#N)c2nc3ccccc3n2C(=O)C1=NCc1cc(S(=O)(=O)O)c(CO)cc1S(=O)(=O)O. The number of hydrogen-bond donors (Lipinski definition) is 3. The average Bonchev–Trinajstić information content (AvgIpc) is 3.17. The Morgan fingerprint density at radius 3 is 2.26 bits per heavy atom. The number of benzene rings is 2. The van der Waals surface area contributed by atoms with Gasteiger partial charge in [0.2, 0.25) is 0 Å². The van der Waals surface area contributed by atoms with Crippen LogP contribution < -0.4 is 0 Å². The van der Waals surface area contributed by atoms with Gasteiger partial charge in [-0.2, -0.15) is 22.1 Å². The van der Waals surface area contributed by atoms with Gasteiger partial charge in [-0.15, -0.1) is 0 Å². The minimum atomic E-state index is -4.91. The molecule has 4 rings (SSSR count). The van der Waals surface area contributed by atoms with Crippen molar-refractivity contribution in [2.24, 2.45) is 4.99 Å². The third-order valence-corrected chi connectivity index (χ3v) is 7.28. The zero-order chi connectivity index (χ0) is 25.7. The van der Waals surface area contributed by atoms with Gasteiger partial charge in [0.25, 0.3) is 26.1 Å². The number of fused-ring (bicyclic) bond motifs is 3. The number of nitriles is 1. The van der Waals surface area contributed by atoms with Gasteiger partial charge in [0.1, 0.15) is 17.4 Å². The predicted molar refractivity (Wildman–Crippen MR) is 122 cm³/mol. The third kappa shape index (κ3) is 4.16. The van der Waals surface area contributed by atoms with Crippen molar-refractivity contribution in [1.82, 2.24) is 9.55 Å². The third-order valence-electron chi connectivity index (χ3n) is 5.41. The highest BCUT2D eigenvalue weighted by Crippen LogP contribution is 2.30. The maximum atomic E-state index is 13.3. The number of aromatic nitrogens is 2. The fourth-order valence-electron chi connectivity index (χ4n) is 3.81. The van der Waals surface area contributed by atoms with Crippen molar-refractivity contribution in [3.63, 3.8) is 0 Å². The van der Waals surface area contributed by atoms with E-state index < -0.39 is 54.6 Å². The number of para-hydroxylation sites is 2. The number of aliphatic imine (C=N–C) groups is 1. The maximum Gasteiger partial charge on any atom is 0.294 e. The Kier molecular flexibility index (Phi) is 5.91. The lowest BCUT2D eigenvalue weighted by Crippen LogP contribution is -2.29. The van der Waals surface area contributed by atoms with Crippen LogP contribution >= 0.6 is 0 Å². The van der Waals surface area contributed by atoms with Crippen LogP contribution in [-0.2, 0) is 33.4 Å². The lowest BCUT2D eigenvalue weighted by molar-refractivity contribution is 0.0992. The Labute approximate surface area is 199 Å². The van der Waals surface area contributed by atoms with E-state index in [4.69, 9.17) is 0 Å². The first-order valence-corrected chi connectivity index (χ1v) is 12.7. The molecule has 0 spiro atoms. The number of rotatable bonds is 5. The highest BCUT2D eigenvalue weighted by Gasteiger charge is 2.32. The molecule has 0 unspecified atom stereocenters. The monoisotopic (exact) mass is 516 g/mol. The van der Waals surface area contributed by atoms with Crippen LogP contribution in [0.25, 0.3) is 16.6 Å². The summed E-state index contributed by atoms with van der Waals surface area (Å²) in [6.07, 6.45) is 0. The summed E-state index contributed by atoms with van der Waals surface area (Å²) in [5.74, 6) is -0.532. The van der Waals surface area contributed by atoms with Crippen LogP contribution in [0, 0.1) is 11.3 Å². The van der Waals surface area contributed by atoms with E-state index in [1.165, 1.54) is 11.5 Å². The van der Waals surface area contributed by atoms with Gasteiger partial charge in [0.05, 0.1) is 34.0 Å². The quantitative estimate of drug-likeness (QED) is 0.418. The fourth-order valence-corrected chi connectivity index (χ4v) is 5.30. The van der Waals surface area contributed by atoms with Crippen LogP contribution in [0.1, 0.15) is 28.7 Å². The van der Waals surface area contributed by atoms with Crippen molar-refractivity contribution in [2.45, 2.75) is 29.9 Å². The van der Waals surface area contributed by atoms with Gasteiger partial charge in [0.15, 0.2) is 5.82 Å². The van der Waals surface area contributed by atoms with Gasteiger partial charge in [0, 0.05) is 5.57 Å². The van der Waals surface area contributed by atoms with Crippen molar-refractivity contribution in [3.05, 3.63) is 58.9 Å². The van der Waals surface area contributed by atoms with Crippen molar-refractivity contribution in [3.8, 4) is 6.07 Å². The molecule has 0 amide bonds. The molecule has 2 aromatic carbocycles. The van der Waals surface area contributed by atoms with Crippen LogP contribution in [0.3, 0.4) is 0 Å². The second-order valence-electron chi connectivity index (χ2n) is 7.52. The fraction of sp³-hybridized carbons (Fsp3) is 0.143. The molecule has 3 N–H and O–H groups in total. The van der Waals surface area contributed by atoms with Crippen LogP contribution in [0.2, 0.25) is 0 Å². The maximum absolute atomic E-state index is 13.3. The summed E-state index contributed by atoms with van der Waals surface area (Å²) >= 11 is 0. The normalized spacial score (nSPS) is 15.5. The Hall–Kier alpha value is -3.74. The lowest BCUT2D eigenvalue weighted by atomic mass is 10.0. The van der Waals surface area contributed by atoms with E-state index in [9.17, 15) is 41.1 Å². The van der Waals surface area contributed by atoms with E-state index in [-0.39, 0.29) is 28.2 Å². The summed E-state index contributed by atoms with van der Waals surface area (Å²) in [7, 11) is -9.79. The van der Waals surface area contributed by atoms with Crippen LogP contribution in [-0.4, -0.2) is 52.2 Å². The van der Waals surface area contributed by atoms with E-state index in [0.717, 1.165) is 6.07 Å². The number of nitrogens with zero attached hydrogens (tertiary/aromatic N) is 4. The molecular formula is C21H16N4O8S2. The number of aliphatic hydroxyl groups excluding tert-OH is 1. The lowest BCUT2D eigenvalue weighted by Gasteiger charge is -2.18. The van der Waals surface area contributed by atoms with Crippen LogP contribution in [0.15, 0.2) is 56.8 Å². The molecular weight excluding hydrogens is 500 g/mol. The van der Waals surface area contributed by atoms with Crippen LogP contribution in [0.4, 0.5) is 0 Å². The number of carbonyl (C=O) groups excluding carboxylic acids is 1. The molecule has 0 fully saturated rings. The van der Waals surface area contributed by atoms with Gasteiger partial charge in [-0.1, -0.05) is 12.1 Å². The number of aliphatic hydroxyl groups is 1. The standard InChI is InChI=1S/C21H16N4O8S2/c1-11-14(8-22)20-24-15-4-2-3-5-16(15)25(20)21(27)19(11)23-9-12-6-18(35(31,32)33)13(10-26)7-17(12)34(28,29)30/h2-7,26H,9-10H2,1H3,(H,28,29,30)(H,31,32,33). The molecule has 1 aliphatic heterocycles. The number of hydrogen-bond acceptors (Lipinski definition) is 9. The molecule has 3 aromatic rings. The van der Waals surface area contributed by atoms with E-state index in [0.29, 0.717) is 17.1 Å². The Morgan fingerprint density at radius 2 is 1.66 bits per heavy atom. The molecule has 0 atom stereocenters. The summed E-state index contributed by atoms with van der Waals surface area (Å²) in [5, 5.41) is 19.1. The summed E-state index contributed by atoms with van der Waals surface area (Å²) in [6.45, 7) is -0.114. The minimum absolute atomic E-state index is 0.0591. The molecule has 1 aliphatic rings. The molecule has 35 heavy (non-hydrogen) atoms. The van der Waals surface area contributed by atoms with Crippen molar-refractivity contribution in [2.75, 3.05) is 0 Å². The second-order valence-corrected chi connectivity index (χ2v) is 10.3. The highest BCUT2D eigenvalue weighted by molar-refractivity contribution is 7.86. The van der Waals surface area contributed by atoms with Gasteiger partial charge in [-0.3, -0.25) is 23.5 Å². The number of allylic oxidation sites excluding steroid dienone is 2. The van der Waals surface area contributed by atoms with Crippen molar-refractivity contribution < 1.29 is 35.8 Å². The van der Waals surface area contributed by atoms with Gasteiger partial charge >= 0.3 is 0 Å². The van der Waals surface area contributed by atoms with Gasteiger partial charge in [-0.05, 0) is 42.3 Å². The molecule has 0 saturated carbocycles. The molecule has 12 nitrogen and oxygen atoms in total. The van der Waals surface area contributed by atoms with Gasteiger partial charge < -0.3 is 5.11 Å². The van der Waals surface area contributed by atoms with E-state index >= 15 is 0 Å². The van der Waals surface area contributed by atoms with Crippen LogP contribution in [0.5, 0.6) is 0 Å². The molecule has 180 valence electrons. The van der Waals surface area contributed by atoms with E-state index in [1.807, 2.05) is 6.07 Å². The van der Waals surface area contributed by atoms with Gasteiger partial charge in [-0.25, -0.2) is 4.98 Å². The molecule has 0 radical (unpaired) electrons. The Bertz CT molecular complexity index is 1740. The van der Waals surface area contributed by atoms with E-state index in [1.54, 1.807) is 24.3 Å². The summed E-state index contributed by atoms with van der Waals surface area (Å²) < 4.78 is 67.6. The molecule has 0 bridgehead atoms. The van der Waals surface area contributed by atoms with Crippen molar-refractivity contribution in [1.29, 1.82) is 5.26 Å². The summed E-state index contributed by atoms with van der Waals surface area (Å²) in [5.41, 5.74) is 0.0502. The van der Waals surface area contributed by atoms with E-state index in [2.05, 4.69) is 9.98 Å². The smallest absolute Gasteiger partial charge is 0.294 e. The second kappa shape index (κ2) is 8.48. The Morgan fingerprint density at radius 1 is 1.06 bits per heavy atom. The summed E-state index contributed by atoms with van der Waals surface area (Å²) in [6, 6.07) is 10.1. The zero-order valence-electron chi connectivity index (χ0n) is 17.9. The first-order chi connectivity index (χ1) is 16.4. The zero-order valence-corrected chi connectivity index (χ0v) is 19.5. The predicted octanol–water partition coefficient (Wildman–Crippen LogP) is 1.61. The molecule has 14 heteroatoms.